The minimum Gasteiger partial charge on any atom is -0.366 e. The maximum atomic E-state index is 11.3. The van der Waals surface area contributed by atoms with Gasteiger partial charge in [0, 0.05) is 22.6 Å². The molecule has 5 heteroatoms. The van der Waals surface area contributed by atoms with Crippen LogP contribution < -0.4 is 5.73 Å². The zero-order valence-electron chi connectivity index (χ0n) is 17.9. The fourth-order valence-corrected chi connectivity index (χ4v) is 4.17. The Kier molecular flexibility index (Phi) is 7.33. The third kappa shape index (κ3) is 5.73. The monoisotopic (exact) mass is 423 g/mol. The Morgan fingerprint density at radius 3 is 2.33 bits per heavy atom. The molecule has 1 aliphatic rings. The third-order valence-electron chi connectivity index (χ3n) is 5.76. The number of hydrogen-bond donors (Lipinski definition) is 2. The fourth-order valence-electron chi connectivity index (χ4n) is 4.04. The minimum atomic E-state index is -0.436. The molecule has 0 saturated heterocycles. The highest BCUT2D eigenvalue weighted by Gasteiger charge is 2.19. The first-order valence-corrected chi connectivity index (χ1v) is 10.9. The number of hydrogen-bond acceptors (Lipinski definition) is 2. The highest BCUT2D eigenvalue weighted by Crippen LogP contribution is 2.35. The van der Waals surface area contributed by atoms with Crippen LogP contribution in [0.15, 0.2) is 48.7 Å². The number of aromatic amines is 1. The standard InChI is InChI=1S/C13H19N.C12H11ClN2O/c1-10-3-5-12(6-4-10)13-7-8-14-11(2)9-13;1-7-6-10(12(14)16)11(15-7)8-2-4-9(13)5-3-8/h7-10,12H,3-6H2,1-2H3;2-6,15H,1H3,(H2,14,16). The maximum Gasteiger partial charge on any atom is 0.250 e. The molecule has 1 saturated carbocycles. The normalized spacial score (nSPS) is 18.4. The first kappa shape index (κ1) is 22.1. The number of nitrogens with one attached hydrogen (secondary N) is 1. The highest BCUT2D eigenvalue weighted by molar-refractivity contribution is 6.30. The van der Waals surface area contributed by atoms with Crippen molar-refractivity contribution in [3.63, 3.8) is 0 Å². The van der Waals surface area contributed by atoms with Gasteiger partial charge in [-0.15, -0.1) is 0 Å². The van der Waals surface area contributed by atoms with Crippen molar-refractivity contribution in [2.75, 3.05) is 0 Å². The Bertz CT molecular complexity index is 986. The summed E-state index contributed by atoms with van der Waals surface area (Å²) in [6.07, 6.45) is 7.47. The van der Waals surface area contributed by atoms with Crippen molar-refractivity contribution in [1.82, 2.24) is 9.97 Å². The van der Waals surface area contributed by atoms with E-state index in [2.05, 4.69) is 35.9 Å². The first-order valence-electron chi connectivity index (χ1n) is 10.5. The van der Waals surface area contributed by atoms with Crippen LogP contribution in [0.25, 0.3) is 11.3 Å². The predicted molar refractivity (Wildman–Crippen MR) is 124 cm³/mol. The zero-order valence-corrected chi connectivity index (χ0v) is 18.7. The van der Waals surface area contributed by atoms with Crippen LogP contribution >= 0.6 is 11.6 Å². The number of aromatic nitrogens is 2. The Morgan fingerprint density at radius 2 is 1.73 bits per heavy atom. The molecular formula is C25H30ClN3O. The van der Waals surface area contributed by atoms with E-state index in [0.717, 1.165) is 34.5 Å². The van der Waals surface area contributed by atoms with Gasteiger partial charge in [-0.1, -0.05) is 43.5 Å². The van der Waals surface area contributed by atoms with Gasteiger partial charge >= 0.3 is 0 Å². The molecule has 0 atom stereocenters. The molecular weight excluding hydrogens is 394 g/mol. The molecule has 2 heterocycles. The molecule has 1 aliphatic carbocycles. The van der Waals surface area contributed by atoms with E-state index in [1.807, 2.05) is 25.3 Å². The van der Waals surface area contributed by atoms with E-state index in [0.29, 0.717) is 10.6 Å². The van der Waals surface area contributed by atoms with Crippen molar-refractivity contribution < 1.29 is 4.79 Å². The summed E-state index contributed by atoms with van der Waals surface area (Å²) in [4.78, 5) is 18.6. The van der Waals surface area contributed by atoms with E-state index >= 15 is 0 Å². The average molecular weight is 424 g/mol. The number of nitrogens with zero attached hydrogens (tertiary/aromatic N) is 1. The van der Waals surface area contributed by atoms with Gasteiger partial charge in [-0.05, 0) is 80.0 Å². The van der Waals surface area contributed by atoms with Crippen LogP contribution in [0.3, 0.4) is 0 Å². The quantitative estimate of drug-likeness (QED) is 0.509. The van der Waals surface area contributed by atoms with Crippen molar-refractivity contribution >= 4 is 17.5 Å². The smallest absolute Gasteiger partial charge is 0.250 e. The number of carbonyl (C=O) groups is 1. The Balaban J connectivity index is 0.000000172. The second-order valence-corrected chi connectivity index (χ2v) is 8.74. The van der Waals surface area contributed by atoms with Crippen molar-refractivity contribution in [2.24, 2.45) is 11.7 Å². The maximum absolute atomic E-state index is 11.3. The van der Waals surface area contributed by atoms with Gasteiger partial charge in [-0.2, -0.15) is 0 Å². The van der Waals surface area contributed by atoms with Gasteiger partial charge in [-0.3, -0.25) is 9.78 Å². The van der Waals surface area contributed by atoms with Crippen LogP contribution in [-0.4, -0.2) is 15.9 Å². The van der Waals surface area contributed by atoms with Crippen LogP contribution in [0.5, 0.6) is 0 Å². The van der Waals surface area contributed by atoms with E-state index in [9.17, 15) is 4.79 Å². The predicted octanol–water partition coefficient (Wildman–Crippen LogP) is 6.43. The Morgan fingerprint density at radius 1 is 1.07 bits per heavy atom. The largest absolute Gasteiger partial charge is 0.366 e. The molecule has 1 fully saturated rings. The zero-order chi connectivity index (χ0) is 21.7. The average Bonchev–Trinajstić information content (AvgIpc) is 3.12. The molecule has 30 heavy (non-hydrogen) atoms. The Labute approximate surface area is 183 Å². The van der Waals surface area contributed by atoms with Crippen LogP contribution in [0.1, 0.15) is 65.8 Å². The molecule has 3 aromatic rings. The molecule has 4 rings (SSSR count). The fraction of sp³-hybridized carbons (Fsp3) is 0.360. The summed E-state index contributed by atoms with van der Waals surface area (Å²) >= 11 is 5.80. The second kappa shape index (κ2) is 9.94. The number of aryl methyl sites for hydroxylation is 2. The molecule has 3 N–H and O–H groups in total. The van der Waals surface area contributed by atoms with Crippen LogP contribution in [0, 0.1) is 19.8 Å². The molecule has 4 nitrogen and oxygen atoms in total. The molecule has 1 aromatic carbocycles. The number of benzene rings is 1. The van der Waals surface area contributed by atoms with E-state index in [1.54, 1.807) is 18.2 Å². The lowest BCUT2D eigenvalue weighted by atomic mass is 9.79. The Hall–Kier alpha value is -2.59. The number of H-pyrrole nitrogens is 1. The third-order valence-corrected chi connectivity index (χ3v) is 6.01. The van der Waals surface area contributed by atoms with E-state index in [-0.39, 0.29) is 0 Å². The van der Waals surface area contributed by atoms with Crippen LogP contribution in [0.4, 0.5) is 0 Å². The number of halogens is 1. The number of rotatable bonds is 3. The summed E-state index contributed by atoms with van der Waals surface area (Å²) in [7, 11) is 0. The summed E-state index contributed by atoms with van der Waals surface area (Å²) < 4.78 is 0. The minimum absolute atomic E-state index is 0.436. The van der Waals surface area contributed by atoms with Crippen molar-refractivity contribution in [3.05, 3.63) is 76.2 Å². The summed E-state index contributed by atoms with van der Waals surface area (Å²) in [5, 5.41) is 0.660. The van der Waals surface area contributed by atoms with Gasteiger partial charge < -0.3 is 10.7 Å². The lowest BCUT2D eigenvalue weighted by Crippen LogP contribution is -2.11. The van der Waals surface area contributed by atoms with Gasteiger partial charge in [0.1, 0.15) is 0 Å². The number of pyridine rings is 1. The molecule has 0 unspecified atom stereocenters. The number of amides is 1. The summed E-state index contributed by atoms with van der Waals surface area (Å²) in [6, 6.07) is 13.4. The first-order chi connectivity index (χ1) is 14.3. The van der Waals surface area contributed by atoms with Crippen molar-refractivity contribution in [1.29, 1.82) is 0 Å². The highest BCUT2D eigenvalue weighted by atomic mass is 35.5. The van der Waals surface area contributed by atoms with Crippen molar-refractivity contribution in [2.45, 2.75) is 52.4 Å². The van der Waals surface area contributed by atoms with Crippen LogP contribution in [-0.2, 0) is 0 Å². The number of nitrogens with two attached hydrogens (primary N) is 1. The molecule has 0 spiro atoms. The van der Waals surface area contributed by atoms with Gasteiger partial charge in [0.2, 0.25) is 0 Å². The topological polar surface area (TPSA) is 71.8 Å². The molecule has 2 aromatic heterocycles. The van der Waals surface area contributed by atoms with E-state index in [1.165, 1.54) is 31.2 Å². The molecule has 158 valence electrons. The molecule has 0 bridgehead atoms. The lowest BCUT2D eigenvalue weighted by molar-refractivity contribution is 0.100. The van der Waals surface area contributed by atoms with E-state index < -0.39 is 5.91 Å². The van der Waals surface area contributed by atoms with Gasteiger partial charge in [-0.25, -0.2) is 0 Å². The summed E-state index contributed by atoms with van der Waals surface area (Å²) in [6.45, 7) is 6.33. The second-order valence-electron chi connectivity index (χ2n) is 8.30. The summed E-state index contributed by atoms with van der Waals surface area (Å²) in [5.74, 6) is 1.30. The number of carbonyl (C=O) groups excluding carboxylic acids is 1. The molecule has 1 amide bonds. The van der Waals surface area contributed by atoms with Gasteiger partial charge in [0.05, 0.1) is 11.3 Å². The molecule has 0 aliphatic heterocycles. The summed E-state index contributed by atoms with van der Waals surface area (Å²) in [5.41, 5.74) is 11.0. The SMILES string of the molecule is Cc1cc(C(N)=O)c(-c2ccc(Cl)cc2)[nH]1.Cc1cc(C2CCC(C)CC2)ccn1. The van der Waals surface area contributed by atoms with Gasteiger partial charge in [0.25, 0.3) is 5.91 Å². The lowest BCUT2D eigenvalue weighted by Gasteiger charge is -2.26. The van der Waals surface area contributed by atoms with Gasteiger partial charge in [0.15, 0.2) is 0 Å². The van der Waals surface area contributed by atoms with Crippen LogP contribution in [0.2, 0.25) is 5.02 Å². The van der Waals surface area contributed by atoms with Crippen molar-refractivity contribution in [3.8, 4) is 11.3 Å². The molecule has 0 radical (unpaired) electrons. The number of primary amides is 1. The van der Waals surface area contributed by atoms with E-state index in [4.69, 9.17) is 17.3 Å².